The molecule has 0 atom stereocenters. The molecule has 0 aromatic carbocycles. The van der Waals surface area contributed by atoms with E-state index in [1.165, 1.54) is 0 Å². The fraction of sp³-hybridized carbons (Fsp3) is 1.00. The van der Waals surface area contributed by atoms with Crippen molar-refractivity contribution in [3.05, 3.63) is 0 Å². The van der Waals surface area contributed by atoms with E-state index in [1.54, 1.807) is 6.55 Å². The second kappa shape index (κ2) is 4.06. The van der Waals surface area contributed by atoms with Gasteiger partial charge < -0.3 is 3.87 Å². The zero-order valence-electron chi connectivity index (χ0n) is 8.30. The lowest BCUT2D eigenvalue weighted by Crippen LogP contribution is -2.42. The summed E-state index contributed by atoms with van der Waals surface area (Å²) in [4.78, 5) is 0. The zero-order chi connectivity index (χ0) is 11.7. The molecular weight excluding hydrogens is 249 g/mol. The first kappa shape index (κ1) is 13.0. The van der Waals surface area contributed by atoms with Crippen molar-refractivity contribution in [2.45, 2.75) is 43.4 Å². The number of hydrogen-bond donors (Lipinski definition) is 0. The molecule has 1 heterocycles. The summed E-state index contributed by atoms with van der Waals surface area (Å²) < 4.78 is 62.2. The molecule has 0 bridgehead atoms. The Labute approximate surface area is 87.9 Å². The first-order valence-corrected chi connectivity index (χ1v) is 8.91. The predicted molar refractivity (Wildman–Crippen MR) is 51.1 cm³/mol. The van der Waals surface area contributed by atoms with Gasteiger partial charge in [-0.3, -0.25) is 0 Å². The van der Waals surface area contributed by atoms with Gasteiger partial charge in [-0.25, -0.2) is 0 Å². The Morgan fingerprint density at radius 3 is 2.00 bits per heavy atom. The largest absolute Gasteiger partial charge is 0.522 e. The maximum absolute atomic E-state index is 12.1. The van der Waals surface area contributed by atoms with Gasteiger partial charge in [0.25, 0.3) is 0 Å². The van der Waals surface area contributed by atoms with Gasteiger partial charge >= 0.3 is 15.6 Å². The Morgan fingerprint density at radius 1 is 1.13 bits per heavy atom. The summed E-state index contributed by atoms with van der Waals surface area (Å²) in [7, 11) is -8.08. The Hall–Kier alpha value is -0.0831. The maximum atomic E-state index is 12.1. The monoisotopic (exact) mass is 262 g/mol. The van der Waals surface area contributed by atoms with Crippen LogP contribution in [0, 0.1) is 0 Å². The molecule has 1 fully saturated rings. The average molecular weight is 262 g/mol. The van der Waals surface area contributed by atoms with Crippen LogP contribution in [0.1, 0.15) is 19.3 Å². The number of alkyl halides is 3. The molecule has 90 valence electrons. The van der Waals surface area contributed by atoms with Gasteiger partial charge in [-0.15, -0.1) is 0 Å². The lowest BCUT2D eigenvalue weighted by molar-refractivity contribution is -0.0504. The predicted octanol–water partition coefficient (Wildman–Crippen LogP) is 2.61. The Bertz CT molecular complexity index is 319. The highest BCUT2D eigenvalue weighted by molar-refractivity contribution is 7.88. The highest BCUT2D eigenvalue weighted by Crippen LogP contribution is 2.34. The van der Waals surface area contributed by atoms with Crippen molar-refractivity contribution < 1.29 is 25.5 Å². The van der Waals surface area contributed by atoms with Gasteiger partial charge in [0.2, 0.25) is 8.32 Å². The van der Waals surface area contributed by atoms with E-state index in [9.17, 15) is 21.6 Å². The molecule has 0 saturated carbocycles. The van der Waals surface area contributed by atoms with Crippen LogP contribution in [-0.4, -0.2) is 22.2 Å². The molecular formula is C7H13F3O3SSi. The van der Waals surface area contributed by atoms with Crippen molar-refractivity contribution in [2.24, 2.45) is 0 Å². The van der Waals surface area contributed by atoms with Gasteiger partial charge in [0.1, 0.15) is 0 Å². The second-order valence-corrected chi connectivity index (χ2v) is 9.93. The van der Waals surface area contributed by atoms with Crippen LogP contribution in [0.15, 0.2) is 0 Å². The molecule has 0 spiro atoms. The van der Waals surface area contributed by atoms with E-state index in [1.807, 2.05) is 0 Å². The molecule has 1 rings (SSSR count). The summed E-state index contributed by atoms with van der Waals surface area (Å²) in [6, 6.07) is 0.977. The summed E-state index contributed by atoms with van der Waals surface area (Å²) in [5.74, 6) is 0. The van der Waals surface area contributed by atoms with Crippen molar-refractivity contribution in [3.8, 4) is 0 Å². The van der Waals surface area contributed by atoms with Crippen LogP contribution in [0.2, 0.25) is 18.6 Å². The van der Waals surface area contributed by atoms with Crippen molar-refractivity contribution >= 4 is 18.4 Å². The molecule has 0 aromatic heterocycles. The lowest BCUT2D eigenvalue weighted by Gasteiger charge is -2.30. The van der Waals surface area contributed by atoms with E-state index in [-0.39, 0.29) is 0 Å². The Morgan fingerprint density at radius 2 is 1.60 bits per heavy atom. The summed E-state index contributed by atoms with van der Waals surface area (Å²) in [5.41, 5.74) is -5.29. The van der Waals surface area contributed by atoms with Crippen LogP contribution >= 0.6 is 0 Å². The van der Waals surface area contributed by atoms with E-state index >= 15 is 0 Å². The average Bonchev–Trinajstić information content (AvgIpc) is 2.00. The van der Waals surface area contributed by atoms with Crippen LogP contribution in [-0.2, 0) is 14.0 Å². The van der Waals surface area contributed by atoms with Crippen LogP contribution in [0.5, 0.6) is 0 Å². The number of hydrogen-bond acceptors (Lipinski definition) is 3. The van der Waals surface area contributed by atoms with Crippen molar-refractivity contribution in [1.82, 2.24) is 0 Å². The third kappa shape index (κ3) is 3.18. The van der Waals surface area contributed by atoms with Gasteiger partial charge in [0.15, 0.2) is 0 Å². The highest BCUT2D eigenvalue weighted by atomic mass is 32.2. The van der Waals surface area contributed by atoms with E-state index in [4.69, 9.17) is 0 Å². The molecule has 0 aliphatic carbocycles. The fourth-order valence-electron chi connectivity index (χ4n) is 1.70. The quantitative estimate of drug-likeness (QED) is 0.567. The van der Waals surface area contributed by atoms with E-state index in [0.717, 1.165) is 19.3 Å². The van der Waals surface area contributed by atoms with Crippen LogP contribution < -0.4 is 0 Å². The van der Waals surface area contributed by atoms with Crippen LogP contribution in [0.3, 0.4) is 0 Å². The fourth-order valence-corrected chi connectivity index (χ4v) is 7.10. The molecule has 0 radical (unpaired) electrons. The minimum atomic E-state index is -5.39. The molecule has 1 saturated heterocycles. The van der Waals surface area contributed by atoms with Crippen molar-refractivity contribution in [3.63, 3.8) is 0 Å². The molecule has 0 aromatic rings. The molecule has 0 N–H and O–H groups in total. The van der Waals surface area contributed by atoms with Gasteiger partial charge in [-0.2, -0.15) is 21.6 Å². The maximum Gasteiger partial charge on any atom is 0.522 e. The van der Waals surface area contributed by atoms with Gasteiger partial charge in [-0.1, -0.05) is 19.3 Å². The minimum Gasteiger partial charge on any atom is -0.308 e. The molecule has 0 unspecified atom stereocenters. The molecule has 15 heavy (non-hydrogen) atoms. The Kier molecular flexibility index (Phi) is 3.51. The van der Waals surface area contributed by atoms with Crippen molar-refractivity contribution in [1.29, 1.82) is 0 Å². The topological polar surface area (TPSA) is 43.4 Å². The lowest BCUT2D eigenvalue weighted by atomic mass is 10.3. The molecule has 0 amide bonds. The normalized spacial score (nSPS) is 22.7. The number of halogens is 3. The third-order valence-corrected chi connectivity index (χ3v) is 8.38. The van der Waals surface area contributed by atoms with Crippen molar-refractivity contribution in [2.75, 3.05) is 0 Å². The van der Waals surface area contributed by atoms with Gasteiger partial charge in [0.05, 0.1) is 0 Å². The molecule has 1 aliphatic heterocycles. The second-order valence-electron chi connectivity index (χ2n) is 3.99. The molecule has 3 nitrogen and oxygen atoms in total. The zero-order valence-corrected chi connectivity index (χ0v) is 10.1. The SMILES string of the molecule is C[Si]1(OS(=O)(=O)C(F)(F)F)CCCCC1. The van der Waals surface area contributed by atoms with E-state index in [2.05, 4.69) is 3.87 Å². The highest BCUT2D eigenvalue weighted by Gasteiger charge is 2.51. The first-order valence-electron chi connectivity index (χ1n) is 4.68. The van der Waals surface area contributed by atoms with Gasteiger partial charge in [-0.05, 0) is 18.6 Å². The third-order valence-electron chi connectivity index (χ3n) is 2.51. The summed E-state index contributed by atoms with van der Waals surface area (Å²) in [6.45, 7) is 1.55. The molecule has 8 heteroatoms. The summed E-state index contributed by atoms with van der Waals surface area (Å²) in [6.07, 6.45) is 2.46. The number of rotatable bonds is 2. The molecule has 1 aliphatic rings. The van der Waals surface area contributed by atoms with E-state index < -0.39 is 23.9 Å². The standard InChI is InChI=1S/C7H13F3O3SSi/c1-15(5-3-2-4-6-15)13-14(11,12)7(8,9)10/h2-6H2,1H3. The first-order chi connectivity index (χ1) is 6.66. The van der Waals surface area contributed by atoms with Crippen LogP contribution in [0.4, 0.5) is 13.2 Å². The summed E-state index contributed by atoms with van der Waals surface area (Å²) in [5, 5.41) is 0. The smallest absolute Gasteiger partial charge is 0.308 e. The van der Waals surface area contributed by atoms with Gasteiger partial charge in [0, 0.05) is 0 Å². The summed E-state index contributed by atoms with van der Waals surface area (Å²) >= 11 is 0. The van der Waals surface area contributed by atoms with Crippen LogP contribution in [0.25, 0.3) is 0 Å². The minimum absolute atomic E-state index is 0.488. The van der Waals surface area contributed by atoms with E-state index in [0.29, 0.717) is 12.1 Å². The Balaban J connectivity index is 2.76.